The number of aliphatic carboxylic acids is 1. The zero-order valence-electron chi connectivity index (χ0n) is 15.1. The number of thiazole rings is 1. The highest BCUT2D eigenvalue weighted by Gasteiger charge is 2.22. The van der Waals surface area contributed by atoms with Crippen molar-refractivity contribution in [3.05, 3.63) is 71.2 Å². The molecule has 0 aliphatic heterocycles. The Morgan fingerprint density at radius 2 is 1.93 bits per heavy atom. The van der Waals surface area contributed by atoms with Crippen LogP contribution >= 0.6 is 11.3 Å². The number of pyridine rings is 1. The monoisotopic (exact) mass is 391 g/mol. The fourth-order valence-corrected chi connectivity index (χ4v) is 4.33. The molecule has 0 saturated carbocycles. The molecule has 0 saturated heterocycles. The van der Waals surface area contributed by atoms with Gasteiger partial charge in [0, 0.05) is 11.6 Å². The second-order valence-corrected chi connectivity index (χ2v) is 7.29. The first-order valence-electron chi connectivity index (χ1n) is 8.86. The van der Waals surface area contributed by atoms with E-state index in [-0.39, 0.29) is 0 Å². The predicted octanol–water partition coefficient (Wildman–Crippen LogP) is 4.03. The molecule has 1 atom stereocenters. The minimum Gasteiger partial charge on any atom is -0.480 e. The van der Waals surface area contributed by atoms with Crippen molar-refractivity contribution in [2.24, 2.45) is 4.99 Å². The van der Waals surface area contributed by atoms with Crippen LogP contribution in [-0.2, 0) is 4.79 Å². The zero-order chi connectivity index (χ0) is 19.7. The Labute approximate surface area is 164 Å². The van der Waals surface area contributed by atoms with Crippen molar-refractivity contribution in [3.8, 4) is 0 Å². The number of benzene rings is 2. The van der Waals surface area contributed by atoms with Gasteiger partial charge < -0.3 is 9.67 Å². The van der Waals surface area contributed by atoms with E-state index in [0.717, 1.165) is 15.6 Å². The lowest BCUT2D eigenvalue weighted by molar-refractivity contribution is -0.140. The van der Waals surface area contributed by atoms with E-state index in [1.165, 1.54) is 11.3 Å². The maximum Gasteiger partial charge on any atom is 0.326 e. The lowest BCUT2D eigenvalue weighted by Gasteiger charge is -2.13. The molecule has 1 unspecified atom stereocenters. The standard InChI is InChI=1S/C21H17N3O3S/c1-2-15(20(26)27)24-16-10-3-4-11-17(16)28-21(24)23-19(25)14-9-5-7-13-8-6-12-22-18(13)14/h3-12,15H,2H2,1H3,(H,26,27)/b23-21+. The quantitative estimate of drug-likeness (QED) is 0.569. The van der Waals surface area contributed by atoms with Gasteiger partial charge in [-0.25, -0.2) is 4.79 Å². The molecule has 0 spiro atoms. The number of carbonyl (C=O) groups excluding carboxylic acids is 1. The van der Waals surface area contributed by atoms with Crippen molar-refractivity contribution in [2.75, 3.05) is 0 Å². The first-order chi connectivity index (χ1) is 13.6. The molecule has 6 nitrogen and oxygen atoms in total. The molecule has 140 valence electrons. The molecule has 4 aromatic rings. The van der Waals surface area contributed by atoms with E-state index in [2.05, 4.69) is 9.98 Å². The molecule has 1 N–H and O–H groups in total. The Morgan fingerprint density at radius 1 is 1.14 bits per heavy atom. The number of carboxylic acid groups (broad SMARTS) is 1. The van der Waals surface area contributed by atoms with Crippen LogP contribution in [0.25, 0.3) is 21.1 Å². The van der Waals surface area contributed by atoms with Crippen LogP contribution in [0.5, 0.6) is 0 Å². The molecule has 2 aromatic heterocycles. The summed E-state index contributed by atoms with van der Waals surface area (Å²) in [4.78, 5) is 33.8. The molecule has 0 bridgehead atoms. The van der Waals surface area contributed by atoms with E-state index in [0.29, 0.717) is 22.3 Å². The largest absolute Gasteiger partial charge is 0.480 e. The second kappa shape index (κ2) is 7.36. The average Bonchev–Trinajstić information content (AvgIpc) is 3.05. The van der Waals surface area contributed by atoms with E-state index in [1.807, 2.05) is 42.5 Å². The Bertz CT molecular complexity index is 1270. The van der Waals surface area contributed by atoms with Crippen molar-refractivity contribution in [1.29, 1.82) is 0 Å². The lowest BCUT2D eigenvalue weighted by Crippen LogP contribution is -2.27. The maximum atomic E-state index is 13.0. The highest BCUT2D eigenvalue weighted by molar-refractivity contribution is 7.16. The summed E-state index contributed by atoms with van der Waals surface area (Å²) in [5.74, 6) is -1.39. The first kappa shape index (κ1) is 18.1. The van der Waals surface area contributed by atoms with Gasteiger partial charge in [-0.1, -0.05) is 48.6 Å². The van der Waals surface area contributed by atoms with Crippen LogP contribution < -0.4 is 4.80 Å². The molecule has 1 amide bonds. The summed E-state index contributed by atoms with van der Waals surface area (Å²) in [6.45, 7) is 1.80. The first-order valence-corrected chi connectivity index (χ1v) is 9.67. The van der Waals surface area contributed by atoms with Crippen molar-refractivity contribution in [2.45, 2.75) is 19.4 Å². The third kappa shape index (κ3) is 3.10. The van der Waals surface area contributed by atoms with Gasteiger partial charge in [-0.15, -0.1) is 0 Å². The van der Waals surface area contributed by atoms with Crippen molar-refractivity contribution >= 4 is 44.3 Å². The lowest BCUT2D eigenvalue weighted by atomic mass is 10.1. The van der Waals surface area contributed by atoms with Gasteiger partial charge in [0.1, 0.15) is 6.04 Å². The zero-order valence-corrected chi connectivity index (χ0v) is 15.9. The molecular weight excluding hydrogens is 374 g/mol. The topological polar surface area (TPSA) is 84.5 Å². The molecule has 28 heavy (non-hydrogen) atoms. The smallest absolute Gasteiger partial charge is 0.326 e. The Balaban J connectivity index is 1.94. The number of para-hydroxylation sites is 2. The summed E-state index contributed by atoms with van der Waals surface area (Å²) in [7, 11) is 0. The van der Waals surface area contributed by atoms with Gasteiger partial charge in [-0.2, -0.15) is 4.99 Å². The number of hydrogen-bond acceptors (Lipinski definition) is 4. The van der Waals surface area contributed by atoms with Crippen LogP contribution in [0.1, 0.15) is 29.7 Å². The van der Waals surface area contributed by atoms with Crippen molar-refractivity contribution < 1.29 is 14.7 Å². The molecule has 2 heterocycles. The van der Waals surface area contributed by atoms with Crippen LogP contribution in [0.4, 0.5) is 0 Å². The van der Waals surface area contributed by atoms with E-state index in [4.69, 9.17) is 0 Å². The Morgan fingerprint density at radius 3 is 2.71 bits per heavy atom. The second-order valence-electron chi connectivity index (χ2n) is 6.28. The highest BCUT2D eigenvalue weighted by Crippen LogP contribution is 2.23. The van der Waals surface area contributed by atoms with E-state index in [9.17, 15) is 14.7 Å². The van der Waals surface area contributed by atoms with Crippen LogP contribution in [-0.4, -0.2) is 26.5 Å². The molecule has 0 aliphatic carbocycles. The predicted molar refractivity (Wildman–Crippen MR) is 108 cm³/mol. The SMILES string of the molecule is CCC(C(=O)O)n1/c(=N\C(=O)c2cccc3cccnc23)sc2ccccc21. The van der Waals surface area contributed by atoms with Gasteiger partial charge in [0.15, 0.2) is 4.80 Å². The number of carbonyl (C=O) groups is 2. The minimum atomic E-state index is -0.952. The molecule has 2 aromatic carbocycles. The van der Waals surface area contributed by atoms with Crippen LogP contribution in [0.15, 0.2) is 65.8 Å². The summed E-state index contributed by atoms with van der Waals surface area (Å²) < 4.78 is 2.52. The van der Waals surface area contributed by atoms with Gasteiger partial charge in [-0.3, -0.25) is 9.78 Å². The van der Waals surface area contributed by atoms with Crippen molar-refractivity contribution in [3.63, 3.8) is 0 Å². The number of rotatable bonds is 4. The van der Waals surface area contributed by atoms with Gasteiger partial charge >= 0.3 is 5.97 Å². The maximum absolute atomic E-state index is 13.0. The molecular formula is C21H17N3O3S. The number of fused-ring (bicyclic) bond motifs is 2. The van der Waals surface area contributed by atoms with E-state index >= 15 is 0 Å². The minimum absolute atomic E-state index is 0.369. The summed E-state index contributed by atoms with van der Waals surface area (Å²) in [6.07, 6.45) is 2.02. The Hall–Kier alpha value is -3.32. The third-order valence-electron chi connectivity index (χ3n) is 4.58. The van der Waals surface area contributed by atoms with Crippen LogP contribution in [0, 0.1) is 0 Å². The number of hydrogen-bond donors (Lipinski definition) is 1. The van der Waals surface area contributed by atoms with E-state index < -0.39 is 17.9 Å². The van der Waals surface area contributed by atoms with Gasteiger partial charge in [0.25, 0.3) is 5.91 Å². The van der Waals surface area contributed by atoms with E-state index in [1.54, 1.807) is 29.8 Å². The summed E-state index contributed by atoms with van der Waals surface area (Å²) >= 11 is 1.31. The molecule has 7 heteroatoms. The summed E-state index contributed by atoms with van der Waals surface area (Å²) in [5, 5.41) is 10.5. The summed E-state index contributed by atoms with van der Waals surface area (Å²) in [5.41, 5.74) is 1.73. The van der Waals surface area contributed by atoms with Crippen LogP contribution in [0.2, 0.25) is 0 Å². The van der Waals surface area contributed by atoms with Gasteiger partial charge in [0.05, 0.1) is 21.3 Å². The molecule has 0 fully saturated rings. The van der Waals surface area contributed by atoms with Crippen LogP contribution in [0.3, 0.4) is 0 Å². The fraction of sp³-hybridized carbons (Fsp3) is 0.143. The molecule has 0 aliphatic rings. The fourth-order valence-electron chi connectivity index (χ4n) is 3.26. The number of aromatic nitrogens is 2. The highest BCUT2D eigenvalue weighted by atomic mass is 32.1. The number of carboxylic acids is 1. The number of nitrogens with zero attached hydrogens (tertiary/aromatic N) is 3. The third-order valence-corrected chi connectivity index (χ3v) is 5.61. The molecule has 0 radical (unpaired) electrons. The van der Waals surface area contributed by atoms with Gasteiger partial charge in [-0.05, 0) is 30.7 Å². The molecule has 4 rings (SSSR count). The Kier molecular flexibility index (Phi) is 4.75. The normalized spacial score (nSPS) is 13.1. The van der Waals surface area contributed by atoms with Gasteiger partial charge in [0.2, 0.25) is 0 Å². The number of amides is 1. The average molecular weight is 391 g/mol. The summed E-state index contributed by atoms with van der Waals surface area (Å²) in [6, 6.07) is 15.7. The van der Waals surface area contributed by atoms with Crippen molar-refractivity contribution in [1.82, 2.24) is 9.55 Å².